The topological polar surface area (TPSA) is 24.9 Å². The highest BCUT2D eigenvalue weighted by Gasteiger charge is 2.28. The number of hydrogen-bond acceptors (Lipinski definition) is 3. The Kier molecular flexibility index (Phi) is 2.95. The van der Waals surface area contributed by atoms with Crippen molar-refractivity contribution in [3.63, 3.8) is 0 Å². The molecule has 1 aliphatic rings. The first-order valence-electron chi connectivity index (χ1n) is 6.08. The molecule has 0 amide bonds. The second-order valence-corrected chi connectivity index (χ2v) is 5.61. The lowest BCUT2D eigenvalue weighted by molar-refractivity contribution is 0.830. The zero-order valence-corrected chi connectivity index (χ0v) is 10.8. The van der Waals surface area contributed by atoms with E-state index in [0.29, 0.717) is 0 Å². The molecule has 1 N–H and O–H groups in total. The Morgan fingerprint density at radius 1 is 1.29 bits per heavy atom. The molecular weight excluding hydrogens is 228 g/mol. The average molecular weight is 244 g/mol. The van der Waals surface area contributed by atoms with Crippen molar-refractivity contribution < 1.29 is 0 Å². The lowest BCUT2D eigenvalue weighted by atomic mass is 10.1. The highest BCUT2D eigenvalue weighted by Crippen LogP contribution is 2.44. The average Bonchev–Trinajstić information content (AvgIpc) is 3.13. The smallest absolute Gasteiger partial charge is 0.0966 e. The first-order chi connectivity index (χ1) is 8.38. The standard InChI is InChI=1S/C14H16N2S/c1-15-9-12-13(10-5-3-2-4-6-10)16-14(17-12)11-7-8-11/h2-6,11,15H,7-9H2,1H3. The van der Waals surface area contributed by atoms with E-state index in [9.17, 15) is 0 Å². The highest BCUT2D eigenvalue weighted by molar-refractivity contribution is 7.12. The summed E-state index contributed by atoms with van der Waals surface area (Å²) < 4.78 is 0. The van der Waals surface area contributed by atoms with Crippen LogP contribution in [0.5, 0.6) is 0 Å². The van der Waals surface area contributed by atoms with Gasteiger partial charge in [0.1, 0.15) is 0 Å². The van der Waals surface area contributed by atoms with Crippen LogP contribution in [0.1, 0.15) is 28.6 Å². The second-order valence-electron chi connectivity index (χ2n) is 4.49. The molecule has 1 fully saturated rings. The van der Waals surface area contributed by atoms with Crippen molar-refractivity contribution in [1.29, 1.82) is 0 Å². The molecule has 1 aromatic heterocycles. The molecule has 1 aliphatic carbocycles. The van der Waals surface area contributed by atoms with Crippen molar-refractivity contribution in [3.8, 4) is 11.3 Å². The number of aromatic nitrogens is 1. The minimum absolute atomic E-state index is 0.744. The van der Waals surface area contributed by atoms with Gasteiger partial charge < -0.3 is 5.32 Å². The third-order valence-electron chi connectivity index (χ3n) is 3.03. The Hall–Kier alpha value is -1.19. The summed E-state index contributed by atoms with van der Waals surface area (Å²) in [5.74, 6) is 0.744. The van der Waals surface area contributed by atoms with E-state index in [1.807, 2.05) is 18.4 Å². The fourth-order valence-electron chi connectivity index (χ4n) is 1.98. The van der Waals surface area contributed by atoms with Crippen LogP contribution >= 0.6 is 11.3 Å². The van der Waals surface area contributed by atoms with Crippen LogP contribution in [0.2, 0.25) is 0 Å². The molecule has 3 rings (SSSR count). The van der Waals surface area contributed by atoms with Gasteiger partial charge in [-0.3, -0.25) is 0 Å². The van der Waals surface area contributed by atoms with Gasteiger partial charge in [-0.2, -0.15) is 0 Å². The quantitative estimate of drug-likeness (QED) is 0.891. The van der Waals surface area contributed by atoms with Gasteiger partial charge >= 0.3 is 0 Å². The van der Waals surface area contributed by atoms with E-state index in [0.717, 1.165) is 12.5 Å². The molecule has 0 spiro atoms. The molecule has 1 heterocycles. The fraction of sp³-hybridized carbons (Fsp3) is 0.357. The van der Waals surface area contributed by atoms with E-state index in [4.69, 9.17) is 4.98 Å². The van der Waals surface area contributed by atoms with E-state index in [-0.39, 0.29) is 0 Å². The van der Waals surface area contributed by atoms with Crippen molar-refractivity contribution in [3.05, 3.63) is 40.2 Å². The van der Waals surface area contributed by atoms with Crippen LogP contribution in [0, 0.1) is 0 Å². The van der Waals surface area contributed by atoms with Crippen LogP contribution < -0.4 is 5.32 Å². The van der Waals surface area contributed by atoms with E-state index < -0.39 is 0 Å². The molecule has 3 heteroatoms. The molecule has 1 saturated carbocycles. The van der Waals surface area contributed by atoms with Crippen molar-refractivity contribution in [2.24, 2.45) is 0 Å². The number of benzene rings is 1. The van der Waals surface area contributed by atoms with Gasteiger partial charge in [0.25, 0.3) is 0 Å². The highest BCUT2D eigenvalue weighted by atomic mass is 32.1. The number of nitrogens with zero attached hydrogens (tertiary/aromatic N) is 1. The Morgan fingerprint density at radius 3 is 2.71 bits per heavy atom. The fourth-order valence-corrected chi connectivity index (χ4v) is 3.25. The van der Waals surface area contributed by atoms with Gasteiger partial charge in [-0.25, -0.2) is 4.98 Å². The number of hydrogen-bond donors (Lipinski definition) is 1. The van der Waals surface area contributed by atoms with Gasteiger partial charge in [0, 0.05) is 22.9 Å². The third kappa shape index (κ3) is 2.26. The monoisotopic (exact) mass is 244 g/mol. The minimum Gasteiger partial charge on any atom is -0.315 e. The van der Waals surface area contributed by atoms with Gasteiger partial charge in [-0.1, -0.05) is 30.3 Å². The third-order valence-corrected chi connectivity index (χ3v) is 4.24. The van der Waals surface area contributed by atoms with Crippen LogP contribution in [-0.2, 0) is 6.54 Å². The van der Waals surface area contributed by atoms with Gasteiger partial charge in [-0.05, 0) is 19.9 Å². The SMILES string of the molecule is CNCc1sc(C2CC2)nc1-c1ccccc1. The Morgan fingerprint density at radius 2 is 2.06 bits per heavy atom. The summed E-state index contributed by atoms with van der Waals surface area (Å²) in [6.07, 6.45) is 2.64. The molecule has 0 atom stereocenters. The molecule has 0 saturated heterocycles. The van der Waals surface area contributed by atoms with E-state index in [1.54, 1.807) is 0 Å². The maximum Gasteiger partial charge on any atom is 0.0966 e. The molecule has 17 heavy (non-hydrogen) atoms. The van der Waals surface area contributed by atoms with Crippen molar-refractivity contribution in [2.75, 3.05) is 7.05 Å². The molecule has 0 aliphatic heterocycles. The van der Waals surface area contributed by atoms with Crippen molar-refractivity contribution in [1.82, 2.24) is 10.3 Å². The lowest BCUT2D eigenvalue weighted by Crippen LogP contribution is -2.04. The predicted octanol–water partition coefficient (Wildman–Crippen LogP) is 3.41. The molecule has 0 radical (unpaired) electrons. The summed E-state index contributed by atoms with van der Waals surface area (Å²) in [5, 5.41) is 4.57. The first-order valence-corrected chi connectivity index (χ1v) is 6.89. The van der Waals surface area contributed by atoms with E-state index in [2.05, 4.69) is 35.6 Å². The first kappa shape index (κ1) is 10.9. The normalized spacial score (nSPS) is 15.1. The van der Waals surface area contributed by atoms with Crippen LogP contribution in [0.3, 0.4) is 0 Å². The summed E-state index contributed by atoms with van der Waals surface area (Å²) >= 11 is 1.88. The van der Waals surface area contributed by atoms with Crippen LogP contribution in [0.15, 0.2) is 30.3 Å². The Labute approximate surface area is 106 Å². The van der Waals surface area contributed by atoms with Gasteiger partial charge in [0.2, 0.25) is 0 Å². The summed E-state index contributed by atoms with van der Waals surface area (Å²) in [6.45, 7) is 0.911. The summed E-state index contributed by atoms with van der Waals surface area (Å²) in [7, 11) is 1.99. The zero-order valence-electron chi connectivity index (χ0n) is 9.94. The molecule has 88 valence electrons. The lowest BCUT2D eigenvalue weighted by Gasteiger charge is -2.00. The van der Waals surface area contributed by atoms with Gasteiger partial charge in [0.15, 0.2) is 0 Å². The number of rotatable bonds is 4. The van der Waals surface area contributed by atoms with Crippen LogP contribution in [0.4, 0.5) is 0 Å². The number of thiazole rings is 1. The molecule has 0 bridgehead atoms. The minimum atomic E-state index is 0.744. The van der Waals surface area contributed by atoms with Crippen molar-refractivity contribution >= 4 is 11.3 Å². The number of nitrogens with one attached hydrogen (secondary N) is 1. The van der Waals surface area contributed by atoms with E-state index >= 15 is 0 Å². The van der Waals surface area contributed by atoms with Gasteiger partial charge in [-0.15, -0.1) is 11.3 Å². The predicted molar refractivity (Wildman–Crippen MR) is 72.3 cm³/mol. The molecule has 0 unspecified atom stereocenters. The maximum absolute atomic E-state index is 4.84. The van der Waals surface area contributed by atoms with Crippen LogP contribution in [0.25, 0.3) is 11.3 Å². The molecule has 1 aromatic carbocycles. The zero-order chi connectivity index (χ0) is 11.7. The summed E-state index contributed by atoms with van der Waals surface area (Å²) in [5.41, 5.74) is 2.41. The largest absolute Gasteiger partial charge is 0.315 e. The second kappa shape index (κ2) is 4.59. The molecular formula is C14H16N2S. The summed E-state index contributed by atoms with van der Waals surface area (Å²) in [4.78, 5) is 6.20. The van der Waals surface area contributed by atoms with E-state index in [1.165, 1.54) is 34.0 Å². The molecule has 2 nitrogen and oxygen atoms in total. The molecule has 2 aromatic rings. The van der Waals surface area contributed by atoms with Gasteiger partial charge in [0.05, 0.1) is 10.7 Å². The summed E-state index contributed by atoms with van der Waals surface area (Å²) in [6, 6.07) is 10.5. The Balaban J connectivity index is 2.01. The van der Waals surface area contributed by atoms with Crippen molar-refractivity contribution in [2.45, 2.75) is 25.3 Å². The maximum atomic E-state index is 4.84. The Bertz CT molecular complexity index is 500. The van der Waals surface area contributed by atoms with Crippen LogP contribution in [-0.4, -0.2) is 12.0 Å².